The van der Waals surface area contributed by atoms with Gasteiger partial charge >= 0.3 is 5.97 Å². The van der Waals surface area contributed by atoms with Gasteiger partial charge in [-0.1, -0.05) is 22.9 Å². The second kappa shape index (κ2) is 8.84. The number of alkyl halides is 1. The lowest BCUT2D eigenvalue weighted by molar-refractivity contribution is -0.152. The number of aromatic nitrogens is 2. The van der Waals surface area contributed by atoms with Crippen molar-refractivity contribution in [2.45, 2.75) is 51.5 Å². The van der Waals surface area contributed by atoms with Crippen LogP contribution in [0.4, 0.5) is 5.82 Å². The van der Waals surface area contributed by atoms with Crippen LogP contribution < -0.4 is 5.32 Å². The van der Waals surface area contributed by atoms with Crippen LogP contribution in [0.3, 0.4) is 0 Å². The third-order valence-electron chi connectivity index (χ3n) is 2.93. The molecular formula is C16H21Br2N3O4. The molecule has 1 rings (SSSR count). The van der Waals surface area contributed by atoms with Crippen LogP contribution in [-0.4, -0.2) is 44.5 Å². The largest absolute Gasteiger partial charge is 0.459 e. The molecule has 0 saturated carbocycles. The number of ether oxygens (including phenoxy) is 1. The third kappa shape index (κ3) is 6.47. The van der Waals surface area contributed by atoms with Crippen molar-refractivity contribution in [1.29, 1.82) is 0 Å². The number of hydrogen-bond acceptors (Lipinski definition) is 7. The number of esters is 1. The van der Waals surface area contributed by atoms with Gasteiger partial charge in [-0.25, -0.2) is 9.97 Å². The number of hydrogen-bond donors (Lipinski definition) is 1. The van der Waals surface area contributed by atoms with Gasteiger partial charge in [0.25, 0.3) is 0 Å². The summed E-state index contributed by atoms with van der Waals surface area (Å²) in [4.78, 5) is 43.6. The molecule has 0 amide bonds. The van der Waals surface area contributed by atoms with Crippen LogP contribution >= 0.6 is 31.9 Å². The van der Waals surface area contributed by atoms with Gasteiger partial charge in [0, 0.05) is 6.42 Å². The van der Waals surface area contributed by atoms with Gasteiger partial charge in [0.15, 0.2) is 17.3 Å². The van der Waals surface area contributed by atoms with Crippen LogP contribution in [0, 0.1) is 6.92 Å². The van der Waals surface area contributed by atoms with Crippen molar-refractivity contribution in [3.8, 4) is 0 Å². The fourth-order valence-electron chi connectivity index (χ4n) is 1.77. The van der Waals surface area contributed by atoms with Gasteiger partial charge in [-0.2, -0.15) is 0 Å². The molecule has 1 heterocycles. The molecule has 25 heavy (non-hydrogen) atoms. The van der Waals surface area contributed by atoms with Crippen LogP contribution in [0.2, 0.25) is 0 Å². The molecule has 1 aromatic rings. The predicted molar refractivity (Wildman–Crippen MR) is 101 cm³/mol. The Labute approximate surface area is 163 Å². The summed E-state index contributed by atoms with van der Waals surface area (Å²) in [7, 11) is 0. The molecule has 0 spiro atoms. The van der Waals surface area contributed by atoms with E-state index in [0.29, 0.717) is 10.3 Å². The number of nitrogens with one attached hydrogen (secondary N) is 1. The van der Waals surface area contributed by atoms with Gasteiger partial charge in [0.05, 0.1) is 5.69 Å². The number of rotatable bonds is 7. The molecule has 1 atom stereocenters. The van der Waals surface area contributed by atoms with E-state index < -0.39 is 22.2 Å². The van der Waals surface area contributed by atoms with Crippen molar-refractivity contribution in [3.05, 3.63) is 16.0 Å². The predicted octanol–water partition coefficient (Wildman–Crippen LogP) is 3.23. The summed E-state index contributed by atoms with van der Waals surface area (Å²) in [5, 5.41) is 2.77. The van der Waals surface area contributed by atoms with E-state index in [9.17, 15) is 14.4 Å². The first kappa shape index (κ1) is 21.7. The minimum atomic E-state index is -1.01. The minimum Gasteiger partial charge on any atom is -0.459 e. The van der Waals surface area contributed by atoms with E-state index >= 15 is 0 Å². The molecule has 7 nitrogen and oxygen atoms in total. The summed E-state index contributed by atoms with van der Waals surface area (Å²) in [6.07, 6.45) is 0.211. The zero-order chi connectivity index (χ0) is 19.4. The number of ketones is 2. The molecule has 0 aliphatic heterocycles. The Balaban J connectivity index is 3.06. The van der Waals surface area contributed by atoms with E-state index in [-0.39, 0.29) is 30.3 Å². The van der Waals surface area contributed by atoms with E-state index in [0.717, 1.165) is 0 Å². The third-order valence-corrected chi connectivity index (χ3v) is 4.60. The molecular weight excluding hydrogens is 458 g/mol. The molecule has 1 unspecified atom stereocenters. The molecule has 138 valence electrons. The average Bonchev–Trinajstić information content (AvgIpc) is 2.51. The van der Waals surface area contributed by atoms with Crippen LogP contribution in [0.25, 0.3) is 0 Å². The number of carbonyl (C=O) groups excluding carboxylic acids is 3. The molecule has 0 bridgehead atoms. The maximum atomic E-state index is 12.6. The van der Waals surface area contributed by atoms with Crippen molar-refractivity contribution in [1.82, 2.24) is 9.97 Å². The Morgan fingerprint density at radius 3 is 2.36 bits per heavy atom. The molecule has 0 saturated heterocycles. The topological polar surface area (TPSA) is 98.3 Å². The number of Topliss-reactive ketones (excluding diaryl/α,β-unsaturated/α-hetero) is 2. The molecule has 0 aliphatic rings. The number of carbonyl (C=O) groups is 3. The smallest absolute Gasteiger partial charge is 0.325 e. The summed E-state index contributed by atoms with van der Waals surface area (Å²) in [5.41, 5.74) is -0.103. The van der Waals surface area contributed by atoms with Gasteiger partial charge in [0.1, 0.15) is 21.6 Å². The molecule has 0 aliphatic carbocycles. The van der Waals surface area contributed by atoms with Crippen molar-refractivity contribution < 1.29 is 19.1 Å². The zero-order valence-corrected chi connectivity index (χ0v) is 17.9. The van der Waals surface area contributed by atoms with Gasteiger partial charge in [-0.15, -0.1) is 0 Å². The first-order valence-corrected chi connectivity index (χ1v) is 9.38. The molecule has 1 aromatic heterocycles. The maximum Gasteiger partial charge on any atom is 0.325 e. The highest BCUT2D eigenvalue weighted by atomic mass is 79.9. The van der Waals surface area contributed by atoms with Crippen LogP contribution in [-0.2, 0) is 14.3 Å². The minimum absolute atomic E-state index is 0.0234. The lowest BCUT2D eigenvalue weighted by Crippen LogP contribution is -2.30. The summed E-state index contributed by atoms with van der Waals surface area (Å²) in [6.45, 7) is 8.47. The standard InChI is InChI=1S/C16H21Br2N3O4/c1-6-9(22)11(17)13(24)12-15(20-8(2)14(18)21-12)19-7-10(23)25-16(3,4)5/h11H,6-7H2,1-5H3,(H,19,20). The Morgan fingerprint density at radius 1 is 1.24 bits per heavy atom. The molecule has 1 N–H and O–H groups in total. The van der Waals surface area contributed by atoms with E-state index in [2.05, 4.69) is 47.1 Å². The molecule has 0 aromatic carbocycles. The molecule has 0 radical (unpaired) electrons. The quantitative estimate of drug-likeness (QED) is 0.278. The first-order chi connectivity index (χ1) is 11.5. The van der Waals surface area contributed by atoms with Crippen molar-refractivity contribution >= 4 is 55.2 Å². The number of nitrogens with zero attached hydrogens (tertiary/aromatic N) is 2. The maximum absolute atomic E-state index is 12.6. The van der Waals surface area contributed by atoms with E-state index in [1.165, 1.54) is 0 Å². The van der Waals surface area contributed by atoms with Crippen molar-refractivity contribution in [2.24, 2.45) is 0 Å². The Bertz CT molecular complexity index is 687. The second-order valence-corrected chi connectivity index (χ2v) is 7.95. The number of anilines is 1. The fraction of sp³-hybridized carbons (Fsp3) is 0.562. The fourth-order valence-corrected chi connectivity index (χ4v) is 2.58. The summed E-state index contributed by atoms with van der Waals surface area (Å²) in [5.74, 6) is -1.15. The van der Waals surface area contributed by atoms with Crippen molar-refractivity contribution in [2.75, 3.05) is 11.9 Å². The highest BCUT2D eigenvalue weighted by Crippen LogP contribution is 2.22. The van der Waals surface area contributed by atoms with Crippen LogP contribution in [0.1, 0.15) is 50.3 Å². The molecule has 9 heteroatoms. The first-order valence-electron chi connectivity index (χ1n) is 7.67. The SMILES string of the molecule is CCC(=O)C(Br)C(=O)c1nc(Br)c(C)nc1NCC(=O)OC(C)(C)C. The highest BCUT2D eigenvalue weighted by molar-refractivity contribution is 9.10. The van der Waals surface area contributed by atoms with E-state index in [1.54, 1.807) is 34.6 Å². The van der Waals surface area contributed by atoms with E-state index in [1.807, 2.05) is 0 Å². The average molecular weight is 479 g/mol. The normalized spacial score (nSPS) is 12.4. The number of aryl methyl sites for hydroxylation is 1. The second-order valence-electron chi connectivity index (χ2n) is 6.28. The molecule has 0 fully saturated rings. The Hall–Kier alpha value is -1.35. The summed E-state index contributed by atoms with van der Waals surface area (Å²) < 4.78 is 5.60. The van der Waals surface area contributed by atoms with Crippen LogP contribution in [0.5, 0.6) is 0 Å². The lowest BCUT2D eigenvalue weighted by Gasteiger charge is -2.20. The summed E-state index contributed by atoms with van der Waals surface area (Å²) in [6, 6.07) is 0. The van der Waals surface area contributed by atoms with E-state index in [4.69, 9.17) is 4.74 Å². The Morgan fingerprint density at radius 2 is 1.84 bits per heavy atom. The van der Waals surface area contributed by atoms with Gasteiger partial charge in [0.2, 0.25) is 5.78 Å². The zero-order valence-electron chi connectivity index (χ0n) is 14.8. The summed E-state index contributed by atoms with van der Waals surface area (Å²) >= 11 is 6.33. The van der Waals surface area contributed by atoms with Gasteiger partial charge in [-0.05, 0) is 43.6 Å². The van der Waals surface area contributed by atoms with Crippen LogP contribution in [0.15, 0.2) is 4.60 Å². The van der Waals surface area contributed by atoms with Gasteiger partial charge in [-0.3, -0.25) is 14.4 Å². The number of halogens is 2. The highest BCUT2D eigenvalue weighted by Gasteiger charge is 2.28. The lowest BCUT2D eigenvalue weighted by atomic mass is 10.1. The van der Waals surface area contributed by atoms with Gasteiger partial charge < -0.3 is 10.1 Å². The Kier molecular flexibility index (Phi) is 7.67. The monoisotopic (exact) mass is 477 g/mol. The van der Waals surface area contributed by atoms with Crippen molar-refractivity contribution in [3.63, 3.8) is 0 Å².